The van der Waals surface area contributed by atoms with Gasteiger partial charge in [0, 0.05) is 18.6 Å². The van der Waals surface area contributed by atoms with Crippen LogP contribution in [-0.4, -0.2) is 32.3 Å². The van der Waals surface area contributed by atoms with Crippen LogP contribution in [0.4, 0.5) is 0 Å². The van der Waals surface area contributed by atoms with Crippen molar-refractivity contribution < 1.29 is 4.79 Å². The maximum atomic E-state index is 11.4. The number of amides is 1. The molecule has 0 saturated carbocycles. The number of primary amides is 1. The summed E-state index contributed by atoms with van der Waals surface area (Å²) < 4.78 is 1.81. The number of benzene rings is 1. The second-order valence-corrected chi connectivity index (χ2v) is 5.74. The third kappa shape index (κ3) is 4.14. The molecular formula is C16H23N5O. The summed E-state index contributed by atoms with van der Waals surface area (Å²) in [4.78, 5) is 13.4. The first-order valence-electron chi connectivity index (χ1n) is 7.45. The van der Waals surface area contributed by atoms with E-state index in [1.807, 2.05) is 60.0 Å². The molecule has 0 aliphatic rings. The van der Waals surface area contributed by atoms with E-state index in [2.05, 4.69) is 17.2 Å². The molecule has 1 heterocycles. The minimum absolute atomic E-state index is 0.0675. The predicted molar refractivity (Wildman–Crippen MR) is 84.9 cm³/mol. The molecule has 2 rings (SSSR count). The minimum Gasteiger partial charge on any atom is -0.369 e. The molecule has 0 unspecified atom stereocenters. The number of carbonyl (C=O) groups is 1. The highest BCUT2D eigenvalue weighted by Crippen LogP contribution is 2.21. The van der Waals surface area contributed by atoms with Crippen LogP contribution in [0.3, 0.4) is 0 Å². The molecule has 0 bridgehead atoms. The van der Waals surface area contributed by atoms with Crippen molar-refractivity contribution in [2.24, 2.45) is 5.73 Å². The number of nitrogens with two attached hydrogens (primary N) is 1. The van der Waals surface area contributed by atoms with Gasteiger partial charge in [-0.3, -0.25) is 9.69 Å². The lowest BCUT2D eigenvalue weighted by molar-refractivity contribution is -0.119. The summed E-state index contributed by atoms with van der Waals surface area (Å²) in [6.45, 7) is 6.87. The average Bonchev–Trinajstić information content (AvgIpc) is 2.95. The van der Waals surface area contributed by atoms with Crippen molar-refractivity contribution in [2.45, 2.75) is 39.4 Å². The van der Waals surface area contributed by atoms with Gasteiger partial charge in [-0.15, -0.1) is 5.10 Å². The van der Waals surface area contributed by atoms with Gasteiger partial charge in [0.25, 0.3) is 0 Å². The number of carbonyl (C=O) groups excluding carboxylic acids is 1. The van der Waals surface area contributed by atoms with E-state index < -0.39 is 0 Å². The van der Waals surface area contributed by atoms with Crippen molar-refractivity contribution in [1.82, 2.24) is 19.9 Å². The molecule has 1 aromatic carbocycles. The Morgan fingerprint density at radius 3 is 2.50 bits per heavy atom. The monoisotopic (exact) mass is 301 g/mol. The maximum absolute atomic E-state index is 11.4. The lowest BCUT2D eigenvalue weighted by Crippen LogP contribution is -2.35. The van der Waals surface area contributed by atoms with Crippen molar-refractivity contribution in [3.05, 3.63) is 47.8 Å². The molecule has 0 aliphatic heterocycles. The first kappa shape index (κ1) is 16.2. The fourth-order valence-electron chi connectivity index (χ4n) is 2.32. The van der Waals surface area contributed by atoms with Crippen LogP contribution in [0.1, 0.15) is 44.1 Å². The van der Waals surface area contributed by atoms with Crippen molar-refractivity contribution in [1.29, 1.82) is 0 Å². The molecule has 0 saturated heterocycles. The van der Waals surface area contributed by atoms with Crippen LogP contribution < -0.4 is 5.73 Å². The highest BCUT2D eigenvalue weighted by Gasteiger charge is 2.19. The quantitative estimate of drug-likeness (QED) is 0.847. The molecule has 0 aliphatic carbocycles. The largest absolute Gasteiger partial charge is 0.369 e. The van der Waals surface area contributed by atoms with Crippen molar-refractivity contribution in [3.63, 3.8) is 0 Å². The van der Waals surface area contributed by atoms with Gasteiger partial charge in [0.15, 0.2) is 0 Å². The van der Waals surface area contributed by atoms with E-state index >= 15 is 0 Å². The normalized spacial score (nSPS) is 12.8. The van der Waals surface area contributed by atoms with Gasteiger partial charge in [0.1, 0.15) is 0 Å². The van der Waals surface area contributed by atoms with Crippen LogP contribution in [0.5, 0.6) is 0 Å². The molecule has 2 aromatic rings. The number of aromatic nitrogens is 3. The summed E-state index contributed by atoms with van der Waals surface area (Å²) in [6, 6.07) is 10.4. The zero-order valence-electron chi connectivity index (χ0n) is 13.3. The number of rotatable bonds is 7. The van der Waals surface area contributed by atoms with E-state index in [-0.39, 0.29) is 24.5 Å². The molecule has 1 aromatic heterocycles. The van der Waals surface area contributed by atoms with Gasteiger partial charge in [-0.1, -0.05) is 35.5 Å². The van der Waals surface area contributed by atoms with Gasteiger partial charge in [0.2, 0.25) is 5.91 Å². The summed E-state index contributed by atoms with van der Waals surface area (Å²) in [7, 11) is 0. The Morgan fingerprint density at radius 2 is 1.95 bits per heavy atom. The van der Waals surface area contributed by atoms with E-state index in [0.717, 1.165) is 11.3 Å². The van der Waals surface area contributed by atoms with Crippen LogP contribution in [0, 0.1) is 0 Å². The Balaban J connectivity index is 2.16. The maximum Gasteiger partial charge on any atom is 0.231 e. The van der Waals surface area contributed by atoms with Gasteiger partial charge >= 0.3 is 0 Å². The van der Waals surface area contributed by atoms with Gasteiger partial charge in [-0.25, -0.2) is 4.68 Å². The molecule has 6 heteroatoms. The standard InChI is InChI=1S/C16H23N5O/c1-12(2)21-10-15(18-19-21)9-20(11-16(17)22)13(3)14-7-5-4-6-8-14/h4-8,10,12-13H,9,11H2,1-3H3,(H2,17,22)/t13-/m1/s1. The molecule has 0 fully saturated rings. The molecule has 1 amide bonds. The summed E-state index contributed by atoms with van der Waals surface area (Å²) in [5, 5.41) is 8.28. The predicted octanol–water partition coefficient (Wildman–Crippen LogP) is 1.91. The van der Waals surface area contributed by atoms with Gasteiger partial charge in [-0.2, -0.15) is 0 Å². The van der Waals surface area contributed by atoms with Gasteiger partial charge in [0.05, 0.1) is 18.4 Å². The smallest absolute Gasteiger partial charge is 0.231 e. The van der Waals surface area contributed by atoms with Crippen LogP contribution >= 0.6 is 0 Å². The summed E-state index contributed by atoms with van der Waals surface area (Å²) in [5.41, 5.74) is 7.36. The van der Waals surface area contributed by atoms with Crippen molar-refractivity contribution in [2.75, 3.05) is 6.54 Å². The van der Waals surface area contributed by atoms with Crippen molar-refractivity contribution >= 4 is 5.91 Å². The molecule has 2 N–H and O–H groups in total. The first-order chi connectivity index (χ1) is 10.5. The lowest BCUT2D eigenvalue weighted by atomic mass is 10.1. The molecular weight excluding hydrogens is 278 g/mol. The topological polar surface area (TPSA) is 77.0 Å². The number of hydrogen-bond acceptors (Lipinski definition) is 4. The Bertz CT molecular complexity index is 608. The third-order valence-corrected chi connectivity index (χ3v) is 3.64. The molecule has 118 valence electrons. The Kier molecular flexibility index (Phi) is 5.27. The first-order valence-corrected chi connectivity index (χ1v) is 7.45. The number of nitrogens with zero attached hydrogens (tertiary/aromatic N) is 4. The zero-order valence-corrected chi connectivity index (χ0v) is 13.3. The van der Waals surface area contributed by atoms with Crippen LogP contribution in [0.25, 0.3) is 0 Å². The van der Waals surface area contributed by atoms with Crippen LogP contribution in [-0.2, 0) is 11.3 Å². The van der Waals surface area contributed by atoms with Gasteiger partial charge in [-0.05, 0) is 26.3 Å². The number of hydrogen-bond donors (Lipinski definition) is 1. The second-order valence-electron chi connectivity index (χ2n) is 5.74. The highest BCUT2D eigenvalue weighted by molar-refractivity contribution is 5.76. The summed E-state index contributed by atoms with van der Waals surface area (Å²) >= 11 is 0. The molecule has 1 atom stereocenters. The Morgan fingerprint density at radius 1 is 1.27 bits per heavy atom. The zero-order chi connectivity index (χ0) is 16.1. The van der Waals surface area contributed by atoms with Crippen LogP contribution in [0.15, 0.2) is 36.5 Å². The lowest BCUT2D eigenvalue weighted by Gasteiger charge is -2.27. The fourth-order valence-corrected chi connectivity index (χ4v) is 2.32. The average molecular weight is 301 g/mol. The van der Waals surface area contributed by atoms with Gasteiger partial charge < -0.3 is 5.73 Å². The highest BCUT2D eigenvalue weighted by atomic mass is 16.1. The van der Waals surface area contributed by atoms with E-state index in [1.165, 1.54) is 0 Å². The Hall–Kier alpha value is -2.21. The van der Waals surface area contributed by atoms with E-state index in [0.29, 0.717) is 6.54 Å². The van der Waals surface area contributed by atoms with Crippen LogP contribution in [0.2, 0.25) is 0 Å². The molecule has 0 radical (unpaired) electrons. The SMILES string of the molecule is CC(C)n1cc(CN(CC(N)=O)[C@H](C)c2ccccc2)nn1. The second kappa shape index (κ2) is 7.17. The summed E-state index contributed by atoms with van der Waals surface area (Å²) in [6.07, 6.45) is 1.91. The summed E-state index contributed by atoms with van der Waals surface area (Å²) in [5.74, 6) is -0.348. The third-order valence-electron chi connectivity index (χ3n) is 3.64. The van der Waals surface area contributed by atoms with E-state index in [9.17, 15) is 4.79 Å². The minimum atomic E-state index is -0.348. The molecule has 22 heavy (non-hydrogen) atoms. The molecule has 0 spiro atoms. The van der Waals surface area contributed by atoms with E-state index in [1.54, 1.807) is 0 Å². The van der Waals surface area contributed by atoms with Crippen molar-refractivity contribution in [3.8, 4) is 0 Å². The fraction of sp³-hybridized carbons (Fsp3) is 0.438. The molecule has 6 nitrogen and oxygen atoms in total. The Labute approximate surface area is 130 Å². The van der Waals surface area contributed by atoms with E-state index in [4.69, 9.17) is 5.73 Å².